The van der Waals surface area contributed by atoms with Crippen molar-refractivity contribution in [1.82, 2.24) is 9.97 Å². The first kappa shape index (κ1) is 14.4. The Bertz CT molecular complexity index is 591. The number of nitrogens with two attached hydrogens (primary N) is 1. The topological polar surface area (TPSA) is 64.3 Å². The second-order valence-electron chi connectivity index (χ2n) is 4.29. The lowest BCUT2D eigenvalue weighted by molar-refractivity contribution is 0.336. The third kappa shape index (κ3) is 3.11. The van der Waals surface area contributed by atoms with Gasteiger partial charge in [0, 0.05) is 19.2 Å². The zero-order valence-corrected chi connectivity index (χ0v) is 12.3. The van der Waals surface area contributed by atoms with Crippen LogP contribution in [-0.4, -0.2) is 23.6 Å². The number of para-hydroxylation sites is 1. The van der Waals surface area contributed by atoms with E-state index in [4.69, 9.17) is 22.1 Å². The van der Waals surface area contributed by atoms with Crippen LogP contribution in [0.5, 0.6) is 5.75 Å². The summed E-state index contributed by atoms with van der Waals surface area (Å²) in [7, 11) is 1.90. The highest BCUT2D eigenvalue weighted by atomic mass is 35.5. The van der Waals surface area contributed by atoms with Gasteiger partial charge in [-0.15, -0.1) is 0 Å². The first-order valence-electron chi connectivity index (χ1n) is 6.31. The van der Waals surface area contributed by atoms with E-state index in [-0.39, 0.29) is 5.82 Å². The average Bonchev–Trinajstić information content (AvgIpc) is 2.44. The van der Waals surface area contributed by atoms with Crippen molar-refractivity contribution in [3.63, 3.8) is 0 Å². The standard InChI is InChI=1S/C14H17ClN4O/c1-3-20-11-7-5-4-6-10(11)8-19(2)14-12(15)13(16)17-9-18-14/h4-7,9H,3,8H2,1-2H3,(H2,16,17,18). The highest BCUT2D eigenvalue weighted by molar-refractivity contribution is 6.35. The monoisotopic (exact) mass is 292 g/mol. The summed E-state index contributed by atoms with van der Waals surface area (Å²) in [5.74, 6) is 1.74. The van der Waals surface area contributed by atoms with Crippen molar-refractivity contribution in [2.24, 2.45) is 0 Å². The van der Waals surface area contributed by atoms with Gasteiger partial charge in [-0.3, -0.25) is 0 Å². The molecule has 0 radical (unpaired) electrons. The zero-order chi connectivity index (χ0) is 14.5. The van der Waals surface area contributed by atoms with Crippen LogP contribution in [0.25, 0.3) is 0 Å². The fraction of sp³-hybridized carbons (Fsp3) is 0.286. The van der Waals surface area contributed by atoms with Crippen LogP contribution in [-0.2, 0) is 6.54 Å². The molecule has 0 aliphatic rings. The van der Waals surface area contributed by atoms with E-state index in [1.165, 1.54) is 6.33 Å². The van der Waals surface area contributed by atoms with Crippen LogP contribution in [0.4, 0.5) is 11.6 Å². The summed E-state index contributed by atoms with van der Waals surface area (Å²) >= 11 is 6.13. The summed E-state index contributed by atoms with van der Waals surface area (Å²) < 4.78 is 5.61. The Hall–Kier alpha value is -2.01. The largest absolute Gasteiger partial charge is 0.494 e. The molecule has 2 N–H and O–H groups in total. The van der Waals surface area contributed by atoms with Crippen LogP contribution in [0.15, 0.2) is 30.6 Å². The van der Waals surface area contributed by atoms with E-state index in [0.29, 0.717) is 24.0 Å². The molecular weight excluding hydrogens is 276 g/mol. The van der Waals surface area contributed by atoms with Gasteiger partial charge >= 0.3 is 0 Å². The number of rotatable bonds is 5. The molecule has 1 heterocycles. The molecule has 1 aromatic heterocycles. The molecule has 6 heteroatoms. The number of aromatic nitrogens is 2. The van der Waals surface area contributed by atoms with Gasteiger partial charge in [-0.2, -0.15) is 0 Å². The molecule has 0 atom stereocenters. The minimum absolute atomic E-state index is 0.279. The van der Waals surface area contributed by atoms with Gasteiger partial charge in [-0.1, -0.05) is 29.8 Å². The number of benzene rings is 1. The lowest BCUT2D eigenvalue weighted by Crippen LogP contribution is -2.19. The van der Waals surface area contributed by atoms with Gasteiger partial charge in [0.2, 0.25) is 0 Å². The highest BCUT2D eigenvalue weighted by Crippen LogP contribution is 2.28. The normalized spacial score (nSPS) is 10.3. The number of nitrogens with zero attached hydrogens (tertiary/aromatic N) is 3. The van der Waals surface area contributed by atoms with Crippen molar-refractivity contribution in [1.29, 1.82) is 0 Å². The van der Waals surface area contributed by atoms with E-state index < -0.39 is 0 Å². The second-order valence-corrected chi connectivity index (χ2v) is 4.67. The molecule has 0 amide bonds. The fourth-order valence-corrected chi connectivity index (χ4v) is 2.14. The lowest BCUT2D eigenvalue weighted by Gasteiger charge is -2.21. The molecule has 5 nitrogen and oxygen atoms in total. The first-order chi connectivity index (χ1) is 9.63. The fourth-order valence-electron chi connectivity index (χ4n) is 1.90. The van der Waals surface area contributed by atoms with Crippen molar-refractivity contribution in [2.45, 2.75) is 13.5 Å². The van der Waals surface area contributed by atoms with Gasteiger partial charge in [-0.25, -0.2) is 9.97 Å². The Morgan fingerprint density at radius 2 is 2.05 bits per heavy atom. The van der Waals surface area contributed by atoms with Crippen LogP contribution in [0.3, 0.4) is 0 Å². The molecule has 2 rings (SSSR count). The SMILES string of the molecule is CCOc1ccccc1CN(C)c1ncnc(N)c1Cl. The maximum atomic E-state index is 6.13. The van der Waals surface area contributed by atoms with E-state index in [2.05, 4.69) is 9.97 Å². The summed E-state index contributed by atoms with van der Waals surface area (Å²) in [5, 5.41) is 0.365. The predicted octanol–water partition coefficient (Wildman–Crippen LogP) is 2.75. The van der Waals surface area contributed by atoms with E-state index >= 15 is 0 Å². The molecule has 1 aromatic carbocycles. The lowest BCUT2D eigenvalue weighted by atomic mass is 10.2. The van der Waals surface area contributed by atoms with E-state index in [1.807, 2.05) is 43.1 Å². The third-order valence-corrected chi connectivity index (χ3v) is 3.20. The van der Waals surface area contributed by atoms with Crippen molar-refractivity contribution in [3.05, 3.63) is 41.2 Å². The van der Waals surface area contributed by atoms with Crippen LogP contribution >= 0.6 is 11.6 Å². The number of anilines is 2. The number of ether oxygens (including phenoxy) is 1. The van der Waals surface area contributed by atoms with E-state index in [0.717, 1.165) is 11.3 Å². The summed E-state index contributed by atoms with van der Waals surface area (Å²) in [6, 6.07) is 7.88. The number of hydrogen-bond acceptors (Lipinski definition) is 5. The Morgan fingerprint density at radius 3 is 2.80 bits per heavy atom. The molecule has 0 unspecified atom stereocenters. The average molecular weight is 293 g/mol. The Balaban J connectivity index is 2.23. The second kappa shape index (κ2) is 6.43. The van der Waals surface area contributed by atoms with Gasteiger partial charge in [0.1, 0.15) is 22.9 Å². The van der Waals surface area contributed by atoms with Crippen molar-refractivity contribution in [3.8, 4) is 5.75 Å². The summed E-state index contributed by atoms with van der Waals surface area (Å²) in [6.45, 7) is 3.21. The summed E-state index contributed by atoms with van der Waals surface area (Å²) in [5.41, 5.74) is 6.76. The molecule has 0 fully saturated rings. The van der Waals surface area contributed by atoms with Gasteiger partial charge in [-0.05, 0) is 13.0 Å². The smallest absolute Gasteiger partial charge is 0.153 e. The Morgan fingerprint density at radius 1 is 1.30 bits per heavy atom. The third-order valence-electron chi connectivity index (χ3n) is 2.84. The van der Waals surface area contributed by atoms with Crippen LogP contribution in [0.1, 0.15) is 12.5 Å². The molecule has 20 heavy (non-hydrogen) atoms. The first-order valence-corrected chi connectivity index (χ1v) is 6.69. The predicted molar refractivity (Wildman–Crippen MR) is 81.2 cm³/mol. The molecule has 2 aromatic rings. The van der Waals surface area contributed by atoms with Gasteiger partial charge in [0.15, 0.2) is 5.82 Å². The number of nitrogen functional groups attached to an aromatic ring is 1. The van der Waals surface area contributed by atoms with Crippen LogP contribution in [0.2, 0.25) is 5.02 Å². The number of hydrogen-bond donors (Lipinski definition) is 1. The van der Waals surface area contributed by atoms with Crippen LogP contribution in [0, 0.1) is 0 Å². The maximum absolute atomic E-state index is 6.13. The van der Waals surface area contributed by atoms with Crippen molar-refractivity contribution >= 4 is 23.2 Å². The van der Waals surface area contributed by atoms with Gasteiger partial charge in [0.25, 0.3) is 0 Å². The quantitative estimate of drug-likeness (QED) is 0.918. The van der Waals surface area contributed by atoms with Gasteiger partial charge in [0.05, 0.1) is 6.61 Å². The molecule has 106 valence electrons. The molecule has 0 aliphatic carbocycles. The minimum atomic E-state index is 0.279. The Kier molecular flexibility index (Phi) is 4.63. The highest BCUT2D eigenvalue weighted by Gasteiger charge is 2.13. The molecular formula is C14H17ClN4O. The van der Waals surface area contributed by atoms with E-state index in [9.17, 15) is 0 Å². The number of halogens is 1. The summed E-state index contributed by atoms with van der Waals surface area (Å²) in [6.07, 6.45) is 1.40. The minimum Gasteiger partial charge on any atom is -0.494 e. The van der Waals surface area contributed by atoms with Gasteiger partial charge < -0.3 is 15.4 Å². The van der Waals surface area contributed by atoms with E-state index in [1.54, 1.807) is 0 Å². The maximum Gasteiger partial charge on any atom is 0.153 e. The molecule has 0 spiro atoms. The zero-order valence-electron chi connectivity index (χ0n) is 11.5. The molecule has 0 bridgehead atoms. The van der Waals surface area contributed by atoms with Crippen LogP contribution < -0.4 is 15.4 Å². The molecule has 0 aliphatic heterocycles. The molecule has 0 saturated heterocycles. The van der Waals surface area contributed by atoms with Crippen molar-refractivity contribution in [2.75, 3.05) is 24.3 Å². The van der Waals surface area contributed by atoms with Crippen molar-refractivity contribution < 1.29 is 4.74 Å². The Labute approximate surface area is 123 Å². The summed E-state index contributed by atoms with van der Waals surface area (Å²) in [4.78, 5) is 9.95. The molecule has 0 saturated carbocycles.